The van der Waals surface area contributed by atoms with Gasteiger partial charge in [0.25, 0.3) is 0 Å². The van der Waals surface area contributed by atoms with Crippen LogP contribution in [0, 0.1) is 31.6 Å². The molecule has 2 aromatic rings. The minimum atomic E-state index is -4.18. The highest BCUT2D eigenvalue weighted by Gasteiger charge is 2.60. The fourth-order valence-corrected chi connectivity index (χ4v) is 4.08. The molecule has 2 atom stereocenters. The third kappa shape index (κ3) is 3.58. The highest BCUT2D eigenvalue weighted by molar-refractivity contribution is 5.95. The molecule has 2 fully saturated rings. The fourth-order valence-electron chi connectivity index (χ4n) is 4.08. The van der Waals surface area contributed by atoms with Crippen molar-refractivity contribution in [3.63, 3.8) is 0 Å². The summed E-state index contributed by atoms with van der Waals surface area (Å²) in [6, 6.07) is 7.47. The van der Waals surface area contributed by atoms with E-state index < -0.39 is 12.7 Å². The molecular formula is C19H21F3N4O. The number of rotatable bonds is 4. The number of benzene rings is 1. The molecule has 1 aromatic carbocycles. The van der Waals surface area contributed by atoms with Crippen LogP contribution in [0.4, 0.5) is 18.9 Å². The number of hydrogen-bond acceptors (Lipinski definition) is 3. The van der Waals surface area contributed by atoms with Crippen molar-refractivity contribution < 1.29 is 18.0 Å². The predicted molar refractivity (Wildman–Crippen MR) is 94.6 cm³/mol. The molecule has 2 unspecified atom stereocenters. The second-order valence-electron chi connectivity index (χ2n) is 7.48. The molecule has 1 aromatic heterocycles. The SMILES string of the molecule is Cc1ncn(-c2ccc(NC(=O)C3C4CN(CC(F)(F)F)CC43)cc2)c1C. The van der Waals surface area contributed by atoms with Crippen LogP contribution in [0.2, 0.25) is 0 Å². The first-order chi connectivity index (χ1) is 12.7. The van der Waals surface area contributed by atoms with E-state index in [0.29, 0.717) is 18.8 Å². The standard InChI is InChI=1S/C19H21F3N4O/c1-11-12(2)26(10-23-11)14-5-3-13(4-6-14)24-18(27)17-15-7-25(8-16(15)17)9-19(20,21)22/h3-6,10,15-17H,7-9H2,1-2H3,(H,24,27). The van der Waals surface area contributed by atoms with Gasteiger partial charge in [-0.2, -0.15) is 13.2 Å². The number of aryl methyl sites for hydroxylation is 1. The number of anilines is 1. The number of fused-ring (bicyclic) bond motifs is 1. The average Bonchev–Trinajstić information content (AvgIpc) is 2.91. The van der Waals surface area contributed by atoms with Crippen molar-refractivity contribution in [2.45, 2.75) is 20.0 Å². The van der Waals surface area contributed by atoms with E-state index in [0.717, 1.165) is 17.1 Å². The van der Waals surface area contributed by atoms with Crippen molar-refractivity contribution >= 4 is 11.6 Å². The van der Waals surface area contributed by atoms with E-state index in [1.165, 1.54) is 4.90 Å². The van der Waals surface area contributed by atoms with Crippen molar-refractivity contribution in [1.82, 2.24) is 14.5 Å². The zero-order valence-electron chi connectivity index (χ0n) is 15.1. The molecule has 1 N–H and O–H groups in total. The number of nitrogens with one attached hydrogen (secondary N) is 1. The van der Waals surface area contributed by atoms with E-state index in [9.17, 15) is 18.0 Å². The smallest absolute Gasteiger partial charge is 0.326 e. The number of halogens is 3. The minimum absolute atomic E-state index is 0.0446. The van der Waals surface area contributed by atoms with Gasteiger partial charge in [-0.3, -0.25) is 9.69 Å². The Morgan fingerprint density at radius 2 is 1.81 bits per heavy atom. The van der Waals surface area contributed by atoms with Crippen LogP contribution in [0.15, 0.2) is 30.6 Å². The first-order valence-corrected chi connectivity index (χ1v) is 8.94. The summed E-state index contributed by atoms with van der Waals surface area (Å²) in [6.45, 7) is 3.75. The zero-order valence-corrected chi connectivity index (χ0v) is 15.1. The molecule has 1 saturated carbocycles. The highest BCUT2D eigenvalue weighted by Crippen LogP contribution is 2.52. The van der Waals surface area contributed by atoms with Gasteiger partial charge in [-0.1, -0.05) is 0 Å². The van der Waals surface area contributed by atoms with Crippen LogP contribution in [0.1, 0.15) is 11.4 Å². The molecule has 2 aliphatic rings. The van der Waals surface area contributed by atoms with Crippen molar-refractivity contribution in [3.05, 3.63) is 42.0 Å². The molecular weight excluding hydrogens is 357 g/mol. The van der Waals surface area contributed by atoms with Gasteiger partial charge in [-0.15, -0.1) is 0 Å². The Morgan fingerprint density at radius 1 is 1.19 bits per heavy atom. The lowest BCUT2D eigenvalue weighted by atomic mass is 10.2. The van der Waals surface area contributed by atoms with Crippen molar-refractivity contribution in [2.24, 2.45) is 17.8 Å². The number of aromatic nitrogens is 2. The highest BCUT2D eigenvalue weighted by atomic mass is 19.4. The third-order valence-corrected chi connectivity index (χ3v) is 5.64. The van der Waals surface area contributed by atoms with Gasteiger partial charge in [-0.05, 0) is 49.9 Å². The molecule has 144 valence electrons. The van der Waals surface area contributed by atoms with Gasteiger partial charge in [0.1, 0.15) is 0 Å². The van der Waals surface area contributed by atoms with Gasteiger partial charge in [-0.25, -0.2) is 4.98 Å². The molecule has 1 amide bonds. The lowest BCUT2D eigenvalue weighted by Gasteiger charge is -2.20. The molecule has 0 radical (unpaired) electrons. The van der Waals surface area contributed by atoms with Crippen LogP contribution in [-0.2, 0) is 4.79 Å². The zero-order chi connectivity index (χ0) is 19.3. The first-order valence-electron chi connectivity index (χ1n) is 8.94. The lowest BCUT2D eigenvalue weighted by Crippen LogP contribution is -2.35. The Bertz CT molecular complexity index is 847. The molecule has 1 saturated heterocycles. The number of hydrogen-bond donors (Lipinski definition) is 1. The Balaban J connectivity index is 1.33. The summed E-state index contributed by atoms with van der Waals surface area (Å²) in [6.07, 6.45) is -2.42. The topological polar surface area (TPSA) is 50.2 Å². The molecule has 8 heteroatoms. The maximum atomic E-state index is 12.4. The summed E-state index contributed by atoms with van der Waals surface area (Å²) in [5.41, 5.74) is 3.67. The van der Waals surface area contributed by atoms with Crippen LogP contribution in [0.25, 0.3) is 5.69 Å². The van der Waals surface area contributed by atoms with Gasteiger partial charge in [0.15, 0.2) is 0 Å². The van der Waals surface area contributed by atoms with Crippen LogP contribution < -0.4 is 5.32 Å². The fraction of sp³-hybridized carbons (Fsp3) is 0.474. The molecule has 27 heavy (non-hydrogen) atoms. The molecule has 1 aliphatic heterocycles. The molecule has 5 nitrogen and oxygen atoms in total. The number of likely N-dealkylation sites (tertiary alicyclic amines) is 1. The number of imidazole rings is 1. The molecule has 0 spiro atoms. The van der Waals surface area contributed by atoms with Crippen LogP contribution in [-0.4, -0.2) is 46.2 Å². The Kier molecular flexibility index (Phi) is 4.25. The van der Waals surface area contributed by atoms with Gasteiger partial charge in [0.05, 0.1) is 18.6 Å². The Hall–Kier alpha value is -2.35. The molecule has 0 bridgehead atoms. The van der Waals surface area contributed by atoms with Gasteiger partial charge >= 0.3 is 6.18 Å². The normalized spacial score (nSPS) is 24.7. The maximum Gasteiger partial charge on any atom is 0.401 e. The molecule has 2 heterocycles. The third-order valence-electron chi connectivity index (χ3n) is 5.64. The van der Waals surface area contributed by atoms with Gasteiger partial charge in [0.2, 0.25) is 5.91 Å². The summed E-state index contributed by atoms with van der Waals surface area (Å²) in [5.74, 6) is -0.182. The van der Waals surface area contributed by atoms with E-state index in [1.54, 1.807) is 6.33 Å². The van der Waals surface area contributed by atoms with E-state index in [-0.39, 0.29) is 23.7 Å². The lowest BCUT2D eigenvalue weighted by molar-refractivity contribution is -0.145. The van der Waals surface area contributed by atoms with E-state index in [1.807, 2.05) is 42.7 Å². The van der Waals surface area contributed by atoms with E-state index >= 15 is 0 Å². The second-order valence-corrected chi connectivity index (χ2v) is 7.48. The number of amides is 1. The van der Waals surface area contributed by atoms with E-state index in [2.05, 4.69) is 10.3 Å². The maximum absolute atomic E-state index is 12.4. The van der Waals surface area contributed by atoms with Crippen LogP contribution in [0.5, 0.6) is 0 Å². The average molecular weight is 378 g/mol. The molecule has 4 rings (SSSR count). The summed E-state index contributed by atoms with van der Waals surface area (Å²) in [7, 11) is 0. The van der Waals surface area contributed by atoms with E-state index in [4.69, 9.17) is 0 Å². The van der Waals surface area contributed by atoms with Crippen molar-refractivity contribution in [3.8, 4) is 5.69 Å². The minimum Gasteiger partial charge on any atom is -0.326 e. The van der Waals surface area contributed by atoms with Crippen LogP contribution in [0.3, 0.4) is 0 Å². The predicted octanol–water partition coefficient (Wildman–Crippen LogP) is 3.17. The summed E-state index contributed by atoms with van der Waals surface area (Å²) >= 11 is 0. The van der Waals surface area contributed by atoms with Gasteiger partial charge < -0.3 is 9.88 Å². The Morgan fingerprint density at radius 3 is 2.33 bits per heavy atom. The second kappa shape index (κ2) is 6.37. The quantitative estimate of drug-likeness (QED) is 0.889. The number of nitrogens with zero attached hydrogens (tertiary/aromatic N) is 3. The molecule has 1 aliphatic carbocycles. The number of alkyl halides is 3. The Labute approximate surface area is 155 Å². The van der Waals surface area contributed by atoms with Crippen LogP contribution >= 0.6 is 0 Å². The summed E-state index contributed by atoms with van der Waals surface area (Å²) in [5, 5.41) is 2.89. The monoisotopic (exact) mass is 378 g/mol. The summed E-state index contributed by atoms with van der Waals surface area (Å²) < 4.78 is 39.3. The largest absolute Gasteiger partial charge is 0.401 e. The number of carbonyl (C=O) groups is 1. The summed E-state index contributed by atoms with van der Waals surface area (Å²) in [4.78, 5) is 18.1. The number of piperidine rings is 1. The number of carbonyl (C=O) groups excluding carboxylic acids is 1. The first kappa shape index (κ1) is 18.0. The van der Waals surface area contributed by atoms with Crippen molar-refractivity contribution in [2.75, 3.05) is 25.0 Å². The van der Waals surface area contributed by atoms with Crippen molar-refractivity contribution in [1.29, 1.82) is 0 Å². The van der Waals surface area contributed by atoms with Gasteiger partial charge in [0, 0.05) is 36.1 Å².